The van der Waals surface area contributed by atoms with E-state index >= 15 is 0 Å². The Labute approximate surface area is 379 Å². The molecule has 0 aliphatic carbocycles. The lowest BCUT2D eigenvalue weighted by Gasteiger charge is -2.07. The standard InChI is InChI=1S/2C16H18.C12H14O4.C9H10O2.2C2H6/c2*1-3-13-5-9-15(10-6-13)16-11-7-14(4-2)8-12-16;1-2-9(13-5-11-7-15-11)4-10(3-1)14-6-12-8-16-12;1-2-4-8(5-3-1)10-6-9-7-11-9;2*1-2/h2*5-12H,3-4H2,1-2H3;1-4,11-12H,5-8H2;1-5,9H,6-7H2;2*1-2H3. The van der Waals surface area contributed by atoms with E-state index in [0.717, 1.165) is 62.8 Å². The molecule has 0 N–H and O–H groups in total. The second-order valence-corrected chi connectivity index (χ2v) is 14.8. The van der Waals surface area contributed by atoms with E-state index in [-0.39, 0.29) is 12.2 Å². The highest BCUT2D eigenvalue weighted by molar-refractivity contribution is 5.64. The molecule has 0 amide bonds. The van der Waals surface area contributed by atoms with Gasteiger partial charge in [0.15, 0.2) is 0 Å². The monoisotopic (exact) mass is 853 g/mol. The number of hydrogen-bond donors (Lipinski definition) is 0. The van der Waals surface area contributed by atoms with Crippen LogP contribution >= 0.6 is 0 Å². The molecular weight excluding hydrogens is 781 g/mol. The number of rotatable bonds is 15. The summed E-state index contributed by atoms with van der Waals surface area (Å²) in [5.74, 6) is 2.57. The molecule has 6 aromatic carbocycles. The first-order valence-electron chi connectivity index (χ1n) is 23.3. The molecule has 6 aromatic rings. The van der Waals surface area contributed by atoms with Crippen molar-refractivity contribution in [2.24, 2.45) is 0 Å². The number of aryl methyl sites for hydroxylation is 4. The topological polar surface area (TPSA) is 65.3 Å². The minimum Gasteiger partial charge on any atom is -0.491 e. The largest absolute Gasteiger partial charge is 0.491 e. The Bertz CT molecular complexity index is 1840. The highest BCUT2D eigenvalue weighted by atomic mass is 16.6. The lowest BCUT2D eigenvalue weighted by atomic mass is 10.0. The molecule has 63 heavy (non-hydrogen) atoms. The lowest BCUT2D eigenvalue weighted by Crippen LogP contribution is -2.06. The highest BCUT2D eigenvalue weighted by Gasteiger charge is 2.24. The van der Waals surface area contributed by atoms with Crippen molar-refractivity contribution in [3.63, 3.8) is 0 Å². The third-order valence-electron chi connectivity index (χ3n) is 10.2. The van der Waals surface area contributed by atoms with Crippen molar-refractivity contribution in [1.82, 2.24) is 0 Å². The van der Waals surface area contributed by atoms with Gasteiger partial charge in [-0.05, 0) is 94.5 Å². The number of benzene rings is 6. The normalized spacial score (nSPS) is 15.8. The molecule has 0 spiro atoms. The van der Waals surface area contributed by atoms with Crippen molar-refractivity contribution in [2.45, 2.75) is 99.4 Å². The Morgan fingerprint density at radius 3 is 0.857 bits per heavy atom. The highest BCUT2D eigenvalue weighted by Crippen LogP contribution is 2.24. The first kappa shape index (κ1) is 50.2. The van der Waals surface area contributed by atoms with E-state index in [0.29, 0.717) is 25.9 Å². The SMILES string of the molecule is CC.CC.CCc1ccc(-c2ccc(CC)cc2)cc1.CCc1ccc(-c2ccc(CC)cc2)cc1.c1cc(OCC2CO2)cc(OCC2CO2)c1.c1ccc(OCC2CO2)cc1. The molecule has 3 aliphatic heterocycles. The molecule has 3 atom stereocenters. The van der Waals surface area contributed by atoms with Crippen LogP contribution < -0.4 is 14.2 Å². The van der Waals surface area contributed by atoms with Crippen LogP contribution in [0.2, 0.25) is 0 Å². The van der Waals surface area contributed by atoms with E-state index in [9.17, 15) is 0 Å². The molecule has 6 heteroatoms. The zero-order valence-corrected chi connectivity index (χ0v) is 39.2. The molecule has 0 saturated carbocycles. The summed E-state index contributed by atoms with van der Waals surface area (Å²) in [4.78, 5) is 0. The Balaban J connectivity index is 0.000000181. The maximum Gasteiger partial charge on any atom is 0.123 e. The Morgan fingerprint density at radius 2 is 0.603 bits per heavy atom. The average molecular weight is 853 g/mol. The van der Waals surface area contributed by atoms with Gasteiger partial charge >= 0.3 is 0 Å². The van der Waals surface area contributed by atoms with Gasteiger partial charge in [-0.25, -0.2) is 0 Å². The summed E-state index contributed by atoms with van der Waals surface area (Å²) in [6, 6.07) is 52.8. The summed E-state index contributed by atoms with van der Waals surface area (Å²) in [5.41, 5.74) is 10.8. The fraction of sp³-hybridized carbons (Fsp3) is 0.368. The van der Waals surface area contributed by atoms with E-state index in [1.54, 1.807) is 0 Å². The number of ether oxygens (including phenoxy) is 6. The van der Waals surface area contributed by atoms with E-state index in [1.165, 1.54) is 44.5 Å². The number of hydrogen-bond acceptors (Lipinski definition) is 6. The van der Waals surface area contributed by atoms with Crippen molar-refractivity contribution in [2.75, 3.05) is 39.6 Å². The summed E-state index contributed by atoms with van der Waals surface area (Å²) < 4.78 is 31.7. The maximum absolute atomic E-state index is 5.56. The van der Waals surface area contributed by atoms with Crippen molar-refractivity contribution in [1.29, 1.82) is 0 Å². The van der Waals surface area contributed by atoms with Crippen LogP contribution in [-0.4, -0.2) is 58.0 Å². The van der Waals surface area contributed by atoms with Gasteiger partial charge in [-0.2, -0.15) is 0 Å². The van der Waals surface area contributed by atoms with Gasteiger partial charge in [0.2, 0.25) is 0 Å². The van der Waals surface area contributed by atoms with Crippen LogP contribution in [0, 0.1) is 0 Å². The summed E-state index contributed by atoms with van der Waals surface area (Å²) in [5, 5.41) is 0. The van der Waals surface area contributed by atoms with E-state index in [4.69, 9.17) is 28.4 Å². The number of epoxide rings is 3. The second kappa shape index (κ2) is 29.1. The van der Waals surface area contributed by atoms with E-state index < -0.39 is 0 Å². The molecule has 6 nitrogen and oxygen atoms in total. The average Bonchev–Trinajstić information content (AvgIpc) is 4.21. The van der Waals surface area contributed by atoms with Crippen LogP contribution in [0.5, 0.6) is 17.2 Å². The van der Waals surface area contributed by atoms with Gasteiger partial charge < -0.3 is 28.4 Å². The van der Waals surface area contributed by atoms with E-state index in [1.807, 2.05) is 82.3 Å². The molecule has 0 aromatic heterocycles. The van der Waals surface area contributed by atoms with Crippen molar-refractivity contribution < 1.29 is 28.4 Å². The number of para-hydroxylation sites is 1. The van der Waals surface area contributed by atoms with Crippen LogP contribution in [0.1, 0.15) is 77.6 Å². The lowest BCUT2D eigenvalue weighted by molar-refractivity contribution is 0.252. The molecule has 336 valence electrons. The van der Waals surface area contributed by atoms with Crippen molar-refractivity contribution >= 4 is 0 Å². The zero-order valence-electron chi connectivity index (χ0n) is 39.2. The van der Waals surface area contributed by atoms with Gasteiger partial charge in [0.05, 0.1) is 19.8 Å². The summed E-state index contributed by atoms with van der Waals surface area (Å²) in [6.45, 7) is 21.2. The first-order valence-corrected chi connectivity index (χ1v) is 23.3. The molecule has 0 radical (unpaired) electrons. The van der Waals surface area contributed by atoms with Crippen molar-refractivity contribution in [3.8, 4) is 39.5 Å². The summed E-state index contributed by atoms with van der Waals surface area (Å²) >= 11 is 0. The van der Waals surface area contributed by atoms with Crippen LogP contribution in [0.4, 0.5) is 0 Å². The molecular formula is C57H72O6. The molecule has 3 aliphatic rings. The first-order chi connectivity index (χ1) is 31.0. The van der Waals surface area contributed by atoms with Crippen LogP contribution in [-0.2, 0) is 39.9 Å². The van der Waals surface area contributed by atoms with Gasteiger partial charge in [0.25, 0.3) is 0 Å². The molecule has 0 bridgehead atoms. The third kappa shape index (κ3) is 19.7. The Kier molecular flexibility index (Phi) is 23.2. The smallest absolute Gasteiger partial charge is 0.123 e. The van der Waals surface area contributed by atoms with Gasteiger partial charge in [-0.15, -0.1) is 0 Å². The van der Waals surface area contributed by atoms with Crippen molar-refractivity contribution in [3.05, 3.63) is 174 Å². The maximum atomic E-state index is 5.56. The Morgan fingerprint density at radius 1 is 0.349 bits per heavy atom. The predicted molar refractivity (Wildman–Crippen MR) is 263 cm³/mol. The van der Waals surface area contributed by atoms with Gasteiger partial charge in [0, 0.05) is 6.07 Å². The van der Waals surface area contributed by atoms with Gasteiger partial charge in [-0.3, -0.25) is 0 Å². The second-order valence-electron chi connectivity index (χ2n) is 14.8. The van der Waals surface area contributed by atoms with Crippen LogP contribution in [0.15, 0.2) is 152 Å². The molecule has 3 heterocycles. The zero-order chi connectivity index (χ0) is 45.1. The van der Waals surface area contributed by atoms with Gasteiger partial charge in [-0.1, -0.05) is 177 Å². The molecule has 9 rings (SSSR count). The predicted octanol–water partition coefficient (Wildman–Crippen LogP) is 13.7. The molecule has 3 fully saturated rings. The van der Waals surface area contributed by atoms with Crippen LogP contribution in [0.25, 0.3) is 22.3 Å². The minimum absolute atomic E-state index is 0.282. The van der Waals surface area contributed by atoms with Crippen LogP contribution in [0.3, 0.4) is 0 Å². The fourth-order valence-corrected chi connectivity index (χ4v) is 5.96. The quantitative estimate of drug-likeness (QED) is 0.0959. The summed E-state index contributed by atoms with van der Waals surface area (Å²) in [6.07, 6.45) is 5.33. The summed E-state index contributed by atoms with van der Waals surface area (Å²) in [7, 11) is 0. The van der Waals surface area contributed by atoms with E-state index in [2.05, 4.69) is 125 Å². The van der Waals surface area contributed by atoms with Gasteiger partial charge in [0.1, 0.15) is 55.4 Å². The molecule has 3 saturated heterocycles. The fourth-order valence-electron chi connectivity index (χ4n) is 5.96. The minimum atomic E-state index is 0.282. The Hall–Kier alpha value is -5.40. The third-order valence-corrected chi connectivity index (χ3v) is 10.2. The molecule has 3 unspecified atom stereocenters.